The van der Waals surface area contributed by atoms with Crippen molar-refractivity contribution in [1.82, 2.24) is 4.90 Å². The molecule has 0 radical (unpaired) electrons. The van der Waals surface area contributed by atoms with Crippen LogP contribution in [0.1, 0.15) is 12.0 Å². The third-order valence-corrected chi connectivity index (χ3v) is 5.10. The zero-order valence-corrected chi connectivity index (χ0v) is 16.0. The molecule has 0 amide bonds. The normalized spacial score (nSPS) is 19.5. The second-order valence-electron chi connectivity index (χ2n) is 7.01. The maximum absolute atomic E-state index is 14.0. The topological polar surface area (TPSA) is 81.9 Å². The lowest BCUT2D eigenvalue weighted by molar-refractivity contribution is -0.385. The SMILES string of the molecule is COc1ccc(OC(=O)C2(C(F)(F)F)CCN(Cc3ccccc3)C2)c([N+](=O)[O-])c1. The van der Waals surface area contributed by atoms with Crippen LogP contribution in [0, 0.1) is 15.5 Å². The van der Waals surface area contributed by atoms with Gasteiger partial charge in [0.1, 0.15) is 5.75 Å². The van der Waals surface area contributed by atoms with Crippen molar-refractivity contribution in [1.29, 1.82) is 0 Å². The first-order valence-electron chi connectivity index (χ1n) is 9.04. The summed E-state index contributed by atoms with van der Waals surface area (Å²) < 4.78 is 51.7. The Hall–Kier alpha value is -3.14. The Kier molecular flexibility index (Phi) is 5.97. The first-order chi connectivity index (χ1) is 14.2. The third-order valence-electron chi connectivity index (χ3n) is 5.10. The van der Waals surface area contributed by atoms with Gasteiger partial charge in [0.05, 0.1) is 18.1 Å². The maximum Gasteiger partial charge on any atom is 0.406 e. The number of nitro benzene ring substituents is 1. The summed E-state index contributed by atoms with van der Waals surface area (Å²) >= 11 is 0. The van der Waals surface area contributed by atoms with Gasteiger partial charge in [-0.3, -0.25) is 19.8 Å². The highest BCUT2D eigenvalue weighted by atomic mass is 19.4. The van der Waals surface area contributed by atoms with E-state index in [9.17, 15) is 28.1 Å². The summed E-state index contributed by atoms with van der Waals surface area (Å²) in [7, 11) is 1.28. The van der Waals surface area contributed by atoms with Crippen LogP contribution in [-0.2, 0) is 11.3 Å². The number of carbonyl (C=O) groups excluding carboxylic acids is 1. The Bertz CT molecular complexity index is 936. The summed E-state index contributed by atoms with van der Waals surface area (Å²) in [5.74, 6) is -2.00. The largest absolute Gasteiger partial charge is 0.496 e. The summed E-state index contributed by atoms with van der Waals surface area (Å²) in [6, 6.07) is 12.2. The number of methoxy groups -OCH3 is 1. The van der Waals surface area contributed by atoms with Gasteiger partial charge in [0.2, 0.25) is 5.75 Å². The third kappa shape index (κ3) is 4.23. The Morgan fingerprint density at radius 1 is 1.23 bits per heavy atom. The van der Waals surface area contributed by atoms with Crippen molar-refractivity contribution in [2.24, 2.45) is 5.41 Å². The van der Waals surface area contributed by atoms with Crippen LogP contribution >= 0.6 is 0 Å². The predicted octanol–water partition coefficient (Wildman–Crippen LogP) is 3.96. The molecule has 1 heterocycles. The van der Waals surface area contributed by atoms with Crippen LogP contribution in [0.25, 0.3) is 0 Å². The first-order valence-corrected chi connectivity index (χ1v) is 9.04. The Morgan fingerprint density at radius 2 is 1.93 bits per heavy atom. The number of halogens is 3. The standard InChI is InChI=1S/C20H19F3N2O5/c1-29-15-7-8-17(16(11-15)25(27)28)30-18(26)19(20(21,22)23)9-10-24(13-19)12-14-5-3-2-4-6-14/h2-8,11H,9-10,12-13H2,1H3. The molecule has 2 aromatic rings. The molecule has 10 heteroatoms. The Labute approximate surface area is 170 Å². The molecule has 2 aromatic carbocycles. The molecule has 1 fully saturated rings. The smallest absolute Gasteiger partial charge is 0.406 e. The second kappa shape index (κ2) is 8.31. The van der Waals surface area contributed by atoms with Crippen LogP contribution in [-0.4, -0.2) is 42.2 Å². The van der Waals surface area contributed by atoms with E-state index in [1.165, 1.54) is 18.1 Å². The molecule has 1 aliphatic rings. The molecule has 0 bridgehead atoms. The molecule has 1 aliphatic heterocycles. The van der Waals surface area contributed by atoms with Crippen molar-refractivity contribution in [2.45, 2.75) is 19.1 Å². The van der Waals surface area contributed by atoms with Crippen molar-refractivity contribution < 1.29 is 32.4 Å². The number of benzene rings is 2. The van der Waals surface area contributed by atoms with Gasteiger partial charge >= 0.3 is 17.8 Å². The van der Waals surface area contributed by atoms with Gasteiger partial charge < -0.3 is 9.47 Å². The van der Waals surface area contributed by atoms with Crippen LogP contribution in [0.3, 0.4) is 0 Å². The molecule has 0 spiro atoms. The molecule has 7 nitrogen and oxygen atoms in total. The minimum Gasteiger partial charge on any atom is -0.496 e. The molecular formula is C20H19F3N2O5. The number of esters is 1. The summed E-state index contributed by atoms with van der Waals surface area (Å²) in [6.07, 6.45) is -5.37. The molecule has 3 rings (SSSR count). The van der Waals surface area contributed by atoms with Crippen molar-refractivity contribution in [3.63, 3.8) is 0 Å². The van der Waals surface area contributed by atoms with Gasteiger partial charge in [-0.25, -0.2) is 0 Å². The van der Waals surface area contributed by atoms with Crippen molar-refractivity contribution in [2.75, 3.05) is 20.2 Å². The molecule has 0 aromatic heterocycles. The lowest BCUT2D eigenvalue weighted by Crippen LogP contribution is -2.49. The van der Waals surface area contributed by atoms with E-state index in [1.54, 1.807) is 30.3 Å². The fourth-order valence-electron chi connectivity index (χ4n) is 3.43. The van der Waals surface area contributed by atoms with Gasteiger partial charge in [0.15, 0.2) is 5.41 Å². The van der Waals surface area contributed by atoms with Gasteiger partial charge in [0.25, 0.3) is 0 Å². The molecule has 0 aliphatic carbocycles. The zero-order chi connectivity index (χ0) is 21.9. The fraction of sp³-hybridized carbons (Fsp3) is 0.350. The van der Waals surface area contributed by atoms with E-state index in [0.717, 1.165) is 17.7 Å². The Balaban J connectivity index is 1.85. The number of carbonyl (C=O) groups is 1. The highest BCUT2D eigenvalue weighted by molar-refractivity contribution is 5.82. The lowest BCUT2D eigenvalue weighted by atomic mass is 9.86. The van der Waals surface area contributed by atoms with E-state index >= 15 is 0 Å². The van der Waals surface area contributed by atoms with Crippen molar-refractivity contribution in [3.8, 4) is 11.5 Å². The Morgan fingerprint density at radius 3 is 2.53 bits per heavy atom. The van der Waals surface area contributed by atoms with E-state index < -0.39 is 46.9 Å². The molecule has 160 valence electrons. The average Bonchev–Trinajstić information content (AvgIpc) is 3.14. The summed E-state index contributed by atoms with van der Waals surface area (Å²) in [4.78, 5) is 24.6. The van der Waals surface area contributed by atoms with Crippen LogP contribution < -0.4 is 9.47 Å². The van der Waals surface area contributed by atoms with Crippen LogP contribution in [0.15, 0.2) is 48.5 Å². The van der Waals surface area contributed by atoms with E-state index in [0.29, 0.717) is 0 Å². The van der Waals surface area contributed by atoms with Crippen LogP contribution in [0.5, 0.6) is 11.5 Å². The lowest BCUT2D eigenvalue weighted by Gasteiger charge is -2.29. The molecule has 0 saturated carbocycles. The van der Waals surface area contributed by atoms with Gasteiger partial charge in [-0.1, -0.05) is 30.3 Å². The summed E-state index contributed by atoms with van der Waals surface area (Å²) in [5.41, 5.74) is -2.61. The average molecular weight is 424 g/mol. The molecular weight excluding hydrogens is 405 g/mol. The predicted molar refractivity (Wildman–Crippen MR) is 100 cm³/mol. The zero-order valence-electron chi connectivity index (χ0n) is 16.0. The van der Waals surface area contributed by atoms with Crippen molar-refractivity contribution in [3.05, 3.63) is 64.2 Å². The van der Waals surface area contributed by atoms with Gasteiger partial charge in [-0.05, 0) is 24.1 Å². The summed E-state index contributed by atoms with van der Waals surface area (Å²) in [6.45, 7) is -0.309. The minimum absolute atomic E-state index is 0.0359. The molecule has 1 unspecified atom stereocenters. The molecule has 30 heavy (non-hydrogen) atoms. The molecule has 1 saturated heterocycles. The number of nitrogens with zero attached hydrogens (tertiary/aromatic N) is 2. The maximum atomic E-state index is 14.0. The van der Waals surface area contributed by atoms with E-state index in [-0.39, 0.29) is 18.8 Å². The monoisotopic (exact) mass is 424 g/mol. The summed E-state index contributed by atoms with van der Waals surface area (Å²) in [5, 5.41) is 11.3. The van der Waals surface area contributed by atoms with Crippen LogP contribution in [0.2, 0.25) is 0 Å². The quantitative estimate of drug-likeness (QED) is 0.302. The number of nitro groups is 1. The van der Waals surface area contributed by atoms with Gasteiger partial charge in [-0.15, -0.1) is 0 Å². The van der Waals surface area contributed by atoms with Gasteiger partial charge in [0, 0.05) is 19.6 Å². The van der Waals surface area contributed by atoms with E-state index in [4.69, 9.17) is 9.47 Å². The number of alkyl halides is 3. The molecule has 0 N–H and O–H groups in total. The minimum atomic E-state index is -4.88. The van der Waals surface area contributed by atoms with E-state index in [1.807, 2.05) is 0 Å². The number of hydrogen-bond acceptors (Lipinski definition) is 6. The van der Waals surface area contributed by atoms with Crippen LogP contribution in [0.4, 0.5) is 18.9 Å². The van der Waals surface area contributed by atoms with Gasteiger partial charge in [-0.2, -0.15) is 13.2 Å². The van der Waals surface area contributed by atoms with E-state index in [2.05, 4.69) is 0 Å². The van der Waals surface area contributed by atoms with Crippen molar-refractivity contribution >= 4 is 11.7 Å². The highest BCUT2D eigenvalue weighted by Gasteiger charge is 2.64. The molecule has 1 atom stereocenters. The fourth-order valence-corrected chi connectivity index (χ4v) is 3.43. The highest BCUT2D eigenvalue weighted by Crippen LogP contribution is 2.47. The number of hydrogen-bond donors (Lipinski definition) is 0. The number of ether oxygens (including phenoxy) is 2. The first kappa shape index (κ1) is 21.6. The number of rotatable bonds is 6. The second-order valence-corrected chi connectivity index (χ2v) is 7.01. The number of likely N-dealkylation sites (tertiary alicyclic amines) is 1.